The first-order chi connectivity index (χ1) is 7.88. The van der Waals surface area contributed by atoms with Gasteiger partial charge in [-0.2, -0.15) is 0 Å². The molecule has 4 nitrogen and oxygen atoms in total. The highest BCUT2D eigenvalue weighted by Crippen LogP contribution is 2.28. The summed E-state index contributed by atoms with van der Waals surface area (Å²) in [5.41, 5.74) is 1.37. The van der Waals surface area contributed by atoms with E-state index >= 15 is 0 Å². The van der Waals surface area contributed by atoms with E-state index in [2.05, 4.69) is 0 Å². The number of hydrogen-bond donors (Lipinski definition) is 0. The van der Waals surface area contributed by atoms with Crippen LogP contribution in [0.3, 0.4) is 0 Å². The fourth-order valence-corrected chi connectivity index (χ4v) is 2.68. The Balaban J connectivity index is 3.03. The Labute approximate surface area is 106 Å². The van der Waals surface area contributed by atoms with E-state index in [1.54, 1.807) is 27.0 Å². The van der Waals surface area contributed by atoms with Gasteiger partial charge in [0.2, 0.25) is 0 Å². The Morgan fingerprint density at radius 1 is 1.18 bits per heavy atom. The highest BCUT2D eigenvalue weighted by molar-refractivity contribution is 8.13. The average molecular weight is 279 g/mol. The number of halogens is 1. The zero-order chi connectivity index (χ0) is 13.1. The van der Waals surface area contributed by atoms with Crippen LogP contribution in [0.4, 0.5) is 0 Å². The van der Waals surface area contributed by atoms with Gasteiger partial charge in [0, 0.05) is 17.8 Å². The number of hydrogen-bond acceptors (Lipinski definition) is 4. The van der Waals surface area contributed by atoms with E-state index in [0.717, 1.165) is 5.56 Å². The van der Waals surface area contributed by atoms with Gasteiger partial charge >= 0.3 is 0 Å². The molecule has 1 rings (SSSR count). The van der Waals surface area contributed by atoms with Gasteiger partial charge in [-0.05, 0) is 37.1 Å². The molecule has 0 heterocycles. The Kier molecular flexibility index (Phi) is 4.80. The molecule has 0 aliphatic carbocycles. The topological polar surface area (TPSA) is 52.6 Å². The van der Waals surface area contributed by atoms with Crippen LogP contribution in [0.25, 0.3) is 0 Å². The van der Waals surface area contributed by atoms with Crippen LogP contribution >= 0.6 is 10.7 Å². The second-order valence-corrected chi connectivity index (χ2v) is 6.13. The third-order valence-corrected chi connectivity index (χ3v) is 3.96. The minimum absolute atomic E-state index is 0.121. The second kappa shape index (κ2) is 5.71. The molecule has 0 radical (unpaired) electrons. The van der Waals surface area contributed by atoms with Crippen molar-refractivity contribution >= 4 is 19.7 Å². The number of benzene rings is 1. The molecule has 96 valence electrons. The Bertz CT molecular complexity index is 496. The van der Waals surface area contributed by atoms with E-state index in [4.69, 9.17) is 20.2 Å². The lowest BCUT2D eigenvalue weighted by Gasteiger charge is -2.12. The summed E-state index contributed by atoms with van der Waals surface area (Å²) < 4.78 is 32.9. The van der Waals surface area contributed by atoms with Crippen molar-refractivity contribution in [1.82, 2.24) is 0 Å². The van der Waals surface area contributed by atoms with Crippen LogP contribution < -0.4 is 4.74 Å². The number of rotatable bonds is 5. The van der Waals surface area contributed by atoms with Crippen molar-refractivity contribution in [3.05, 3.63) is 23.3 Å². The Morgan fingerprint density at radius 3 is 2.35 bits per heavy atom. The minimum Gasteiger partial charge on any atom is -0.491 e. The lowest BCUT2D eigenvalue weighted by Crippen LogP contribution is -2.06. The zero-order valence-corrected chi connectivity index (χ0v) is 11.6. The monoisotopic (exact) mass is 278 g/mol. The van der Waals surface area contributed by atoms with Crippen molar-refractivity contribution in [1.29, 1.82) is 0 Å². The third kappa shape index (κ3) is 3.59. The maximum absolute atomic E-state index is 11.3. The van der Waals surface area contributed by atoms with Crippen LogP contribution in [0.2, 0.25) is 0 Å². The summed E-state index contributed by atoms with van der Waals surface area (Å²) >= 11 is 0. The van der Waals surface area contributed by atoms with E-state index in [9.17, 15) is 8.42 Å². The molecule has 1 aromatic rings. The van der Waals surface area contributed by atoms with Crippen LogP contribution in [0.5, 0.6) is 5.75 Å². The van der Waals surface area contributed by atoms with Gasteiger partial charge in [-0.1, -0.05) is 0 Å². The summed E-state index contributed by atoms with van der Waals surface area (Å²) in [7, 11) is 3.21. The molecule has 0 N–H and O–H groups in total. The normalized spacial score (nSPS) is 11.5. The van der Waals surface area contributed by atoms with Crippen molar-refractivity contribution in [2.45, 2.75) is 18.7 Å². The molecule has 1 aromatic carbocycles. The molecule has 0 saturated carbocycles. The molecular formula is C11H15ClO4S. The van der Waals surface area contributed by atoms with Crippen molar-refractivity contribution in [2.75, 3.05) is 20.3 Å². The smallest absolute Gasteiger partial charge is 0.261 e. The third-order valence-electron chi connectivity index (χ3n) is 2.50. The van der Waals surface area contributed by atoms with Crippen LogP contribution in [-0.2, 0) is 13.8 Å². The standard InChI is InChI=1S/C11H15ClO4S/c1-8-9(2)11(17(12,13)14)5-4-10(8)16-7-6-15-3/h4-5H,6-7H2,1-3H3. The maximum Gasteiger partial charge on any atom is 0.261 e. The minimum atomic E-state index is -3.71. The molecule has 0 spiro atoms. The lowest BCUT2D eigenvalue weighted by atomic mass is 10.1. The largest absolute Gasteiger partial charge is 0.491 e. The molecule has 0 unspecified atom stereocenters. The molecule has 17 heavy (non-hydrogen) atoms. The van der Waals surface area contributed by atoms with Gasteiger partial charge in [-0.3, -0.25) is 0 Å². The van der Waals surface area contributed by atoms with Gasteiger partial charge in [0.15, 0.2) is 0 Å². The number of methoxy groups -OCH3 is 1. The first-order valence-corrected chi connectivity index (χ1v) is 7.35. The Hall–Kier alpha value is -0.780. The van der Waals surface area contributed by atoms with Crippen molar-refractivity contribution < 1.29 is 17.9 Å². The van der Waals surface area contributed by atoms with Gasteiger partial charge in [0.05, 0.1) is 11.5 Å². The summed E-state index contributed by atoms with van der Waals surface area (Å²) in [6.45, 7) is 4.40. The van der Waals surface area contributed by atoms with E-state index in [-0.39, 0.29) is 4.90 Å². The van der Waals surface area contributed by atoms with Gasteiger partial charge in [0.1, 0.15) is 12.4 Å². The van der Waals surface area contributed by atoms with Crippen molar-refractivity contribution in [3.63, 3.8) is 0 Å². The first kappa shape index (κ1) is 14.3. The highest BCUT2D eigenvalue weighted by Gasteiger charge is 2.16. The van der Waals surface area contributed by atoms with E-state index in [0.29, 0.717) is 24.5 Å². The fraction of sp³-hybridized carbons (Fsp3) is 0.455. The summed E-state index contributed by atoms with van der Waals surface area (Å²) in [4.78, 5) is 0.121. The van der Waals surface area contributed by atoms with Crippen molar-refractivity contribution in [3.8, 4) is 5.75 Å². The SMILES string of the molecule is COCCOc1ccc(S(=O)(=O)Cl)c(C)c1C. The first-order valence-electron chi connectivity index (χ1n) is 5.04. The molecule has 0 aliphatic heterocycles. The van der Waals surface area contributed by atoms with Crippen LogP contribution in [0.15, 0.2) is 17.0 Å². The Morgan fingerprint density at radius 2 is 1.82 bits per heavy atom. The summed E-state index contributed by atoms with van der Waals surface area (Å²) in [5.74, 6) is 0.642. The van der Waals surface area contributed by atoms with Gasteiger partial charge < -0.3 is 9.47 Å². The second-order valence-electron chi connectivity index (χ2n) is 3.59. The summed E-state index contributed by atoms with van der Waals surface area (Å²) in [6, 6.07) is 3.06. The predicted molar refractivity (Wildman–Crippen MR) is 66.3 cm³/mol. The quantitative estimate of drug-likeness (QED) is 0.612. The van der Waals surface area contributed by atoms with Crippen LogP contribution in [0, 0.1) is 13.8 Å². The van der Waals surface area contributed by atoms with Crippen molar-refractivity contribution in [2.24, 2.45) is 0 Å². The van der Waals surface area contributed by atoms with Crippen LogP contribution in [-0.4, -0.2) is 28.7 Å². The van der Waals surface area contributed by atoms with E-state index < -0.39 is 9.05 Å². The van der Waals surface area contributed by atoms with Gasteiger partial charge in [-0.15, -0.1) is 0 Å². The fourth-order valence-electron chi connectivity index (χ4n) is 1.43. The van der Waals surface area contributed by atoms with Crippen LogP contribution in [0.1, 0.15) is 11.1 Å². The summed E-state index contributed by atoms with van der Waals surface area (Å²) in [6.07, 6.45) is 0. The molecule has 0 atom stereocenters. The average Bonchev–Trinajstić information content (AvgIpc) is 2.23. The predicted octanol–water partition coefficient (Wildman–Crippen LogP) is 2.26. The molecule has 6 heteroatoms. The van der Waals surface area contributed by atoms with Gasteiger partial charge in [0.25, 0.3) is 9.05 Å². The summed E-state index contributed by atoms with van der Waals surface area (Å²) in [5, 5.41) is 0. The molecule has 0 aliphatic rings. The number of ether oxygens (including phenoxy) is 2. The van der Waals surface area contributed by atoms with E-state index in [1.807, 2.05) is 0 Å². The highest BCUT2D eigenvalue weighted by atomic mass is 35.7. The molecule has 0 bridgehead atoms. The molecule has 0 fully saturated rings. The van der Waals surface area contributed by atoms with E-state index in [1.165, 1.54) is 6.07 Å². The molecule has 0 aromatic heterocycles. The molecule has 0 amide bonds. The molecular weight excluding hydrogens is 264 g/mol. The maximum atomic E-state index is 11.3. The lowest BCUT2D eigenvalue weighted by molar-refractivity contribution is 0.146. The zero-order valence-electron chi connectivity index (χ0n) is 9.99. The van der Waals surface area contributed by atoms with Gasteiger partial charge in [-0.25, -0.2) is 8.42 Å². The molecule has 0 saturated heterocycles.